The SMILES string of the molecule is CCCc1cc(OC)ccc1-c1cc(-c2ccc(OC)cc2OC)c(F)cc1F. The topological polar surface area (TPSA) is 27.7 Å². The summed E-state index contributed by atoms with van der Waals surface area (Å²) in [7, 11) is 4.64. The molecule has 0 fully saturated rings. The summed E-state index contributed by atoms with van der Waals surface area (Å²) in [5.41, 5.74) is 2.80. The maximum absolute atomic E-state index is 14.8. The van der Waals surface area contributed by atoms with E-state index >= 15 is 0 Å². The van der Waals surface area contributed by atoms with Crippen molar-refractivity contribution in [2.24, 2.45) is 0 Å². The van der Waals surface area contributed by atoms with Crippen molar-refractivity contribution in [3.63, 3.8) is 0 Å². The van der Waals surface area contributed by atoms with E-state index in [0.29, 0.717) is 28.4 Å². The molecule has 0 radical (unpaired) electrons. The molecular weight excluding hydrogens is 374 g/mol. The van der Waals surface area contributed by atoms with Gasteiger partial charge in [-0.05, 0) is 47.9 Å². The van der Waals surface area contributed by atoms with Crippen LogP contribution in [0.1, 0.15) is 18.9 Å². The molecule has 0 aliphatic carbocycles. The van der Waals surface area contributed by atoms with Gasteiger partial charge in [0, 0.05) is 28.8 Å². The molecule has 0 saturated carbocycles. The van der Waals surface area contributed by atoms with Crippen molar-refractivity contribution in [1.29, 1.82) is 0 Å². The van der Waals surface area contributed by atoms with Crippen molar-refractivity contribution in [1.82, 2.24) is 0 Å². The summed E-state index contributed by atoms with van der Waals surface area (Å²) in [6.45, 7) is 2.05. The number of hydrogen-bond acceptors (Lipinski definition) is 3. The normalized spacial score (nSPS) is 10.7. The lowest BCUT2D eigenvalue weighted by Crippen LogP contribution is -1.98. The van der Waals surface area contributed by atoms with Crippen LogP contribution in [0, 0.1) is 11.6 Å². The van der Waals surface area contributed by atoms with Crippen LogP contribution in [0.2, 0.25) is 0 Å². The van der Waals surface area contributed by atoms with Crippen LogP contribution in [-0.4, -0.2) is 21.3 Å². The number of ether oxygens (including phenoxy) is 3. The van der Waals surface area contributed by atoms with E-state index in [1.807, 2.05) is 12.1 Å². The molecule has 0 spiro atoms. The van der Waals surface area contributed by atoms with Gasteiger partial charge < -0.3 is 14.2 Å². The Morgan fingerprint density at radius 2 is 1.24 bits per heavy atom. The predicted molar refractivity (Wildman–Crippen MR) is 111 cm³/mol. The molecule has 3 rings (SSSR count). The van der Waals surface area contributed by atoms with Gasteiger partial charge in [0.1, 0.15) is 28.9 Å². The zero-order valence-corrected chi connectivity index (χ0v) is 17.0. The zero-order chi connectivity index (χ0) is 21.0. The molecular formula is C24H24F2O3. The number of aryl methyl sites for hydroxylation is 1. The molecule has 0 aromatic heterocycles. The number of rotatable bonds is 7. The second kappa shape index (κ2) is 8.95. The van der Waals surface area contributed by atoms with E-state index in [9.17, 15) is 8.78 Å². The molecule has 3 nitrogen and oxygen atoms in total. The van der Waals surface area contributed by atoms with Gasteiger partial charge in [-0.25, -0.2) is 8.78 Å². The second-order valence-electron chi connectivity index (χ2n) is 6.65. The summed E-state index contributed by atoms with van der Waals surface area (Å²) in [6, 6.07) is 13.1. The van der Waals surface area contributed by atoms with Crippen LogP contribution >= 0.6 is 0 Å². The minimum Gasteiger partial charge on any atom is -0.497 e. The van der Waals surface area contributed by atoms with Gasteiger partial charge >= 0.3 is 0 Å². The predicted octanol–water partition coefficient (Wildman–Crippen LogP) is 6.28. The van der Waals surface area contributed by atoms with Crippen LogP contribution in [0.3, 0.4) is 0 Å². The first-order chi connectivity index (χ1) is 14.0. The highest BCUT2D eigenvalue weighted by Crippen LogP contribution is 2.39. The van der Waals surface area contributed by atoms with Gasteiger partial charge in [-0.1, -0.05) is 19.4 Å². The lowest BCUT2D eigenvalue weighted by atomic mass is 9.93. The second-order valence-corrected chi connectivity index (χ2v) is 6.65. The number of halogens is 2. The highest BCUT2D eigenvalue weighted by molar-refractivity contribution is 5.79. The third-order valence-electron chi connectivity index (χ3n) is 4.88. The maximum Gasteiger partial charge on any atom is 0.134 e. The fourth-order valence-electron chi connectivity index (χ4n) is 3.42. The molecule has 0 unspecified atom stereocenters. The summed E-state index contributed by atoms with van der Waals surface area (Å²) < 4.78 is 45.5. The van der Waals surface area contributed by atoms with E-state index in [2.05, 4.69) is 6.92 Å². The Labute approximate surface area is 169 Å². The van der Waals surface area contributed by atoms with Gasteiger partial charge in [-0.2, -0.15) is 0 Å². The van der Waals surface area contributed by atoms with Crippen molar-refractivity contribution in [2.75, 3.05) is 21.3 Å². The van der Waals surface area contributed by atoms with Crippen LogP contribution < -0.4 is 14.2 Å². The Hall–Kier alpha value is -3.08. The Morgan fingerprint density at radius 3 is 1.83 bits per heavy atom. The first-order valence-electron chi connectivity index (χ1n) is 9.41. The minimum absolute atomic E-state index is 0.263. The number of benzene rings is 3. The molecule has 152 valence electrons. The maximum atomic E-state index is 14.8. The van der Waals surface area contributed by atoms with E-state index in [4.69, 9.17) is 14.2 Å². The van der Waals surface area contributed by atoms with Crippen LogP contribution in [0.25, 0.3) is 22.3 Å². The largest absolute Gasteiger partial charge is 0.497 e. The van der Waals surface area contributed by atoms with E-state index in [0.717, 1.165) is 30.0 Å². The standard InChI is InChI=1S/C24H24F2O3/c1-5-6-15-11-16(27-2)7-9-18(15)20-13-21(23(26)14-22(20)25)19-10-8-17(28-3)12-24(19)29-4/h7-14H,5-6H2,1-4H3. The Morgan fingerprint density at radius 1 is 0.655 bits per heavy atom. The van der Waals surface area contributed by atoms with Crippen LogP contribution in [0.15, 0.2) is 48.5 Å². The van der Waals surface area contributed by atoms with Crippen molar-refractivity contribution in [3.05, 3.63) is 65.7 Å². The summed E-state index contributed by atoms with van der Waals surface area (Å²) in [6.07, 6.45) is 1.65. The summed E-state index contributed by atoms with van der Waals surface area (Å²) in [5, 5.41) is 0. The average molecular weight is 398 g/mol. The van der Waals surface area contributed by atoms with Gasteiger partial charge in [-0.3, -0.25) is 0 Å². The lowest BCUT2D eigenvalue weighted by Gasteiger charge is -2.16. The van der Waals surface area contributed by atoms with Gasteiger partial charge in [0.15, 0.2) is 0 Å². The molecule has 29 heavy (non-hydrogen) atoms. The van der Waals surface area contributed by atoms with E-state index in [1.54, 1.807) is 38.5 Å². The third-order valence-corrected chi connectivity index (χ3v) is 4.88. The quantitative estimate of drug-likeness (QED) is 0.469. The molecule has 0 heterocycles. The van der Waals surface area contributed by atoms with Crippen LogP contribution in [0.4, 0.5) is 8.78 Å². The lowest BCUT2D eigenvalue weighted by molar-refractivity contribution is 0.395. The minimum atomic E-state index is -0.653. The summed E-state index contributed by atoms with van der Waals surface area (Å²) in [5.74, 6) is 0.483. The van der Waals surface area contributed by atoms with Crippen molar-refractivity contribution in [2.45, 2.75) is 19.8 Å². The molecule has 5 heteroatoms. The summed E-state index contributed by atoms with van der Waals surface area (Å²) >= 11 is 0. The van der Waals surface area contributed by atoms with E-state index in [1.165, 1.54) is 13.2 Å². The molecule has 0 saturated heterocycles. The molecule has 3 aromatic carbocycles. The first kappa shape index (κ1) is 20.6. The smallest absolute Gasteiger partial charge is 0.134 e. The highest BCUT2D eigenvalue weighted by Gasteiger charge is 2.18. The molecule has 3 aromatic rings. The molecule has 0 atom stereocenters. The molecule has 0 aliphatic heterocycles. The Bertz CT molecular complexity index is 1020. The highest BCUT2D eigenvalue weighted by atomic mass is 19.1. The first-order valence-corrected chi connectivity index (χ1v) is 9.41. The van der Waals surface area contributed by atoms with Crippen molar-refractivity contribution >= 4 is 0 Å². The van der Waals surface area contributed by atoms with Crippen LogP contribution in [-0.2, 0) is 6.42 Å². The van der Waals surface area contributed by atoms with Gasteiger partial charge in [0.2, 0.25) is 0 Å². The van der Waals surface area contributed by atoms with E-state index < -0.39 is 11.6 Å². The summed E-state index contributed by atoms with van der Waals surface area (Å²) in [4.78, 5) is 0. The fourth-order valence-corrected chi connectivity index (χ4v) is 3.42. The van der Waals surface area contributed by atoms with Crippen molar-refractivity contribution < 1.29 is 23.0 Å². The van der Waals surface area contributed by atoms with Crippen LogP contribution in [0.5, 0.6) is 17.2 Å². The molecule has 0 N–H and O–H groups in total. The number of methoxy groups -OCH3 is 3. The molecule has 0 amide bonds. The van der Waals surface area contributed by atoms with E-state index in [-0.39, 0.29) is 5.56 Å². The van der Waals surface area contributed by atoms with Gasteiger partial charge in [0.05, 0.1) is 21.3 Å². The van der Waals surface area contributed by atoms with Gasteiger partial charge in [0.25, 0.3) is 0 Å². The molecule has 0 bridgehead atoms. The molecule has 0 aliphatic rings. The Balaban J connectivity index is 2.20. The fraction of sp³-hybridized carbons (Fsp3) is 0.250. The third kappa shape index (κ3) is 4.19. The monoisotopic (exact) mass is 398 g/mol. The zero-order valence-electron chi connectivity index (χ0n) is 17.0. The van der Waals surface area contributed by atoms with Crippen molar-refractivity contribution in [3.8, 4) is 39.5 Å². The number of hydrogen-bond donors (Lipinski definition) is 0. The Kier molecular flexibility index (Phi) is 6.37. The average Bonchev–Trinajstić information content (AvgIpc) is 2.74. The van der Waals surface area contributed by atoms with Gasteiger partial charge in [-0.15, -0.1) is 0 Å².